The van der Waals surface area contributed by atoms with Crippen LogP contribution in [-0.4, -0.2) is 54.3 Å². The van der Waals surface area contributed by atoms with Crippen LogP contribution in [0.1, 0.15) is 47.8 Å². The number of nitrogens with zero attached hydrogens (tertiary/aromatic N) is 3. The second-order valence-electron chi connectivity index (χ2n) is 7.59. The fourth-order valence-electron chi connectivity index (χ4n) is 3.91. The minimum Gasteiger partial charge on any atom is -0.354 e. The first-order valence-electron chi connectivity index (χ1n) is 9.80. The minimum absolute atomic E-state index is 0.0399. The van der Waals surface area contributed by atoms with Crippen LogP contribution in [0.2, 0.25) is 0 Å². The third-order valence-corrected chi connectivity index (χ3v) is 7.38. The fraction of sp³-hybridized carbons (Fsp3) is 0.474. The molecule has 1 aromatic heterocycles. The molecule has 1 aliphatic heterocycles. The standard InChI is InChI=1S/C19H23N5O5S/c1-13-21-18(23-29-13)19(8-2-3-9-19)22-17(26)14-4-6-15(7-5-14)30(27,28)24-11-10-20-16(25)12-24/h4-7H,2-3,8-12H2,1H3,(H,20,25)(H,22,26). The van der Waals surface area contributed by atoms with Gasteiger partial charge in [0.25, 0.3) is 5.91 Å². The number of carbonyl (C=O) groups excluding carboxylic acids is 2. The lowest BCUT2D eigenvalue weighted by Crippen LogP contribution is -2.49. The van der Waals surface area contributed by atoms with Crippen LogP contribution in [0, 0.1) is 6.92 Å². The Labute approximate surface area is 174 Å². The number of piperazine rings is 1. The van der Waals surface area contributed by atoms with Crippen molar-refractivity contribution in [2.75, 3.05) is 19.6 Å². The minimum atomic E-state index is -3.80. The molecule has 4 rings (SSSR count). The molecule has 1 saturated heterocycles. The van der Waals surface area contributed by atoms with Gasteiger partial charge in [0.05, 0.1) is 11.4 Å². The van der Waals surface area contributed by atoms with Gasteiger partial charge in [-0.25, -0.2) is 8.42 Å². The molecule has 0 atom stereocenters. The molecule has 1 saturated carbocycles. The van der Waals surface area contributed by atoms with Crippen molar-refractivity contribution in [3.05, 3.63) is 41.5 Å². The Morgan fingerprint density at radius 1 is 1.23 bits per heavy atom. The molecular formula is C19H23N5O5S. The molecule has 11 heteroatoms. The molecule has 1 aliphatic carbocycles. The van der Waals surface area contributed by atoms with E-state index in [4.69, 9.17) is 4.52 Å². The molecule has 1 aromatic carbocycles. The summed E-state index contributed by atoms with van der Waals surface area (Å²) in [4.78, 5) is 28.7. The van der Waals surface area contributed by atoms with E-state index >= 15 is 0 Å². The van der Waals surface area contributed by atoms with Gasteiger partial charge in [-0.1, -0.05) is 18.0 Å². The number of carbonyl (C=O) groups is 2. The van der Waals surface area contributed by atoms with Crippen molar-refractivity contribution in [3.63, 3.8) is 0 Å². The summed E-state index contributed by atoms with van der Waals surface area (Å²) in [5.74, 6) is 0.236. The number of amides is 2. The molecule has 2 heterocycles. The number of sulfonamides is 1. The van der Waals surface area contributed by atoms with Crippen LogP contribution < -0.4 is 10.6 Å². The van der Waals surface area contributed by atoms with Crippen LogP contribution in [0.5, 0.6) is 0 Å². The van der Waals surface area contributed by atoms with Gasteiger partial charge in [0, 0.05) is 25.6 Å². The number of aryl methyl sites for hydroxylation is 1. The van der Waals surface area contributed by atoms with Crippen molar-refractivity contribution in [2.45, 2.75) is 43.0 Å². The van der Waals surface area contributed by atoms with E-state index in [9.17, 15) is 18.0 Å². The molecule has 2 fully saturated rings. The van der Waals surface area contributed by atoms with Crippen LogP contribution in [0.25, 0.3) is 0 Å². The Morgan fingerprint density at radius 3 is 2.53 bits per heavy atom. The number of hydrogen-bond donors (Lipinski definition) is 2. The predicted molar refractivity (Wildman–Crippen MR) is 105 cm³/mol. The zero-order valence-corrected chi connectivity index (χ0v) is 17.4. The largest absolute Gasteiger partial charge is 0.354 e. The van der Waals surface area contributed by atoms with Crippen LogP contribution in [0.4, 0.5) is 0 Å². The Kier molecular flexibility index (Phi) is 5.33. The van der Waals surface area contributed by atoms with Gasteiger partial charge in [-0.15, -0.1) is 0 Å². The van der Waals surface area contributed by atoms with E-state index in [-0.39, 0.29) is 36.3 Å². The smallest absolute Gasteiger partial charge is 0.252 e. The third kappa shape index (κ3) is 3.82. The van der Waals surface area contributed by atoms with Crippen molar-refractivity contribution in [1.29, 1.82) is 0 Å². The number of nitrogens with one attached hydrogen (secondary N) is 2. The molecule has 2 N–H and O–H groups in total. The molecule has 2 amide bonds. The molecule has 0 bridgehead atoms. The van der Waals surface area contributed by atoms with E-state index < -0.39 is 15.6 Å². The van der Waals surface area contributed by atoms with Gasteiger partial charge in [-0.05, 0) is 37.1 Å². The van der Waals surface area contributed by atoms with Gasteiger partial charge in [0.2, 0.25) is 21.8 Å². The third-order valence-electron chi connectivity index (χ3n) is 5.52. The lowest BCUT2D eigenvalue weighted by molar-refractivity contribution is -0.122. The number of aromatic nitrogens is 2. The van der Waals surface area contributed by atoms with E-state index in [2.05, 4.69) is 20.8 Å². The molecule has 10 nitrogen and oxygen atoms in total. The summed E-state index contributed by atoms with van der Waals surface area (Å²) in [7, 11) is -3.80. The molecule has 30 heavy (non-hydrogen) atoms. The monoisotopic (exact) mass is 433 g/mol. The number of rotatable bonds is 5. The summed E-state index contributed by atoms with van der Waals surface area (Å²) in [6, 6.07) is 5.71. The van der Waals surface area contributed by atoms with E-state index in [1.54, 1.807) is 6.92 Å². The Hall–Kier alpha value is -2.79. The summed E-state index contributed by atoms with van der Waals surface area (Å²) in [5, 5.41) is 9.63. The van der Waals surface area contributed by atoms with E-state index in [0.29, 0.717) is 30.1 Å². The molecule has 2 aromatic rings. The molecule has 160 valence electrons. The lowest BCUT2D eigenvalue weighted by Gasteiger charge is -2.27. The Morgan fingerprint density at radius 2 is 1.93 bits per heavy atom. The summed E-state index contributed by atoms with van der Waals surface area (Å²) < 4.78 is 31.7. The fourth-order valence-corrected chi connectivity index (χ4v) is 5.31. The highest BCUT2D eigenvalue weighted by Crippen LogP contribution is 2.37. The van der Waals surface area contributed by atoms with Crippen molar-refractivity contribution in [1.82, 2.24) is 25.1 Å². The summed E-state index contributed by atoms with van der Waals surface area (Å²) in [6.45, 7) is 1.97. The average molecular weight is 433 g/mol. The predicted octanol–water partition coefficient (Wildman–Crippen LogP) is 0.698. The second kappa shape index (κ2) is 7.80. The van der Waals surface area contributed by atoms with Crippen LogP contribution >= 0.6 is 0 Å². The van der Waals surface area contributed by atoms with Crippen molar-refractivity contribution < 1.29 is 22.5 Å². The van der Waals surface area contributed by atoms with Crippen LogP contribution in [-0.2, 0) is 20.4 Å². The number of hydrogen-bond acceptors (Lipinski definition) is 7. The van der Waals surface area contributed by atoms with Gasteiger partial charge in [-0.2, -0.15) is 9.29 Å². The maximum Gasteiger partial charge on any atom is 0.252 e. The maximum atomic E-state index is 12.9. The van der Waals surface area contributed by atoms with Gasteiger partial charge in [0.1, 0.15) is 5.54 Å². The first-order valence-corrected chi connectivity index (χ1v) is 11.2. The van der Waals surface area contributed by atoms with Gasteiger partial charge in [0.15, 0.2) is 5.82 Å². The van der Waals surface area contributed by atoms with E-state index in [0.717, 1.165) is 17.1 Å². The quantitative estimate of drug-likeness (QED) is 0.709. The molecular weight excluding hydrogens is 410 g/mol. The van der Waals surface area contributed by atoms with Gasteiger partial charge in [-0.3, -0.25) is 9.59 Å². The van der Waals surface area contributed by atoms with Crippen molar-refractivity contribution in [2.24, 2.45) is 0 Å². The molecule has 0 radical (unpaired) electrons. The SMILES string of the molecule is Cc1nc(C2(NC(=O)c3ccc(S(=O)(=O)N4CCNC(=O)C4)cc3)CCCC2)no1. The summed E-state index contributed by atoms with van der Waals surface area (Å²) in [5.41, 5.74) is -0.349. The van der Waals surface area contributed by atoms with Crippen LogP contribution in [0.3, 0.4) is 0 Å². The first kappa shape index (κ1) is 20.5. The van der Waals surface area contributed by atoms with Crippen LogP contribution in [0.15, 0.2) is 33.7 Å². The summed E-state index contributed by atoms with van der Waals surface area (Å²) >= 11 is 0. The Bertz CT molecular complexity index is 1060. The highest BCUT2D eigenvalue weighted by atomic mass is 32.2. The zero-order chi connectivity index (χ0) is 21.4. The highest BCUT2D eigenvalue weighted by molar-refractivity contribution is 7.89. The van der Waals surface area contributed by atoms with E-state index in [1.165, 1.54) is 24.3 Å². The molecule has 2 aliphatic rings. The summed E-state index contributed by atoms with van der Waals surface area (Å²) in [6.07, 6.45) is 3.30. The number of benzene rings is 1. The molecule has 0 spiro atoms. The van der Waals surface area contributed by atoms with Gasteiger partial charge < -0.3 is 15.2 Å². The average Bonchev–Trinajstić information content (AvgIpc) is 3.38. The topological polar surface area (TPSA) is 134 Å². The van der Waals surface area contributed by atoms with Gasteiger partial charge >= 0.3 is 0 Å². The van der Waals surface area contributed by atoms with Crippen molar-refractivity contribution in [3.8, 4) is 0 Å². The lowest BCUT2D eigenvalue weighted by atomic mass is 9.96. The van der Waals surface area contributed by atoms with Crippen molar-refractivity contribution >= 4 is 21.8 Å². The zero-order valence-electron chi connectivity index (χ0n) is 16.6. The Balaban J connectivity index is 1.52. The maximum absolute atomic E-state index is 12.9. The molecule has 0 unspecified atom stereocenters. The van der Waals surface area contributed by atoms with E-state index in [1.807, 2.05) is 0 Å². The normalized spacial score (nSPS) is 19.4. The second-order valence-corrected chi connectivity index (χ2v) is 9.53. The first-order chi connectivity index (χ1) is 14.3. The highest BCUT2D eigenvalue weighted by Gasteiger charge is 2.41.